The fourth-order valence-corrected chi connectivity index (χ4v) is 2.62. The molecule has 7 nitrogen and oxygen atoms in total. The van der Waals surface area contributed by atoms with Gasteiger partial charge in [-0.15, -0.1) is 0 Å². The maximum absolute atomic E-state index is 12.2. The van der Waals surface area contributed by atoms with Crippen LogP contribution in [0.2, 0.25) is 0 Å². The zero-order chi connectivity index (χ0) is 20.3. The summed E-state index contributed by atoms with van der Waals surface area (Å²) in [6, 6.07) is 5.82. The van der Waals surface area contributed by atoms with Crippen molar-refractivity contribution in [2.45, 2.75) is 64.2 Å². The number of unbranched alkanes of at least 4 members (excludes halogenated alkanes) is 6. The molecule has 1 aromatic carbocycles. The van der Waals surface area contributed by atoms with Crippen molar-refractivity contribution in [2.24, 2.45) is 0 Å². The average Bonchev–Trinajstić information content (AvgIpc) is 2.62. The Morgan fingerprint density at radius 2 is 1.48 bits per heavy atom. The molecule has 0 aromatic heterocycles. The summed E-state index contributed by atoms with van der Waals surface area (Å²) in [7, 11) is -4.53. The molecule has 0 aliphatic carbocycles. The number of hydrogen-bond donors (Lipinski definition) is 1. The molecule has 152 valence electrons. The lowest BCUT2D eigenvalue weighted by Crippen LogP contribution is -2.25. The van der Waals surface area contributed by atoms with Crippen LogP contribution in [-0.4, -0.2) is 37.0 Å². The van der Waals surface area contributed by atoms with E-state index in [1.54, 1.807) is 6.07 Å². The highest BCUT2D eigenvalue weighted by Crippen LogP contribution is 2.15. The third-order valence-electron chi connectivity index (χ3n) is 4.04. The first-order valence-electron chi connectivity index (χ1n) is 9.20. The van der Waals surface area contributed by atoms with Gasteiger partial charge in [0.1, 0.15) is 0 Å². The monoisotopic (exact) mass is 400 g/mol. The Labute approximate surface area is 160 Å². The molecule has 1 atom stereocenters. The van der Waals surface area contributed by atoms with Crippen molar-refractivity contribution in [2.75, 3.05) is 6.61 Å². The molecule has 0 aliphatic rings. The summed E-state index contributed by atoms with van der Waals surface area (Å²) in [6.45, 7) is 3.43. The van der Waals surface area contributed by atoms with E-state index in [1.165, 1.54) is 43.9 Å². The van der Waals surface area contributed by atoms with E-state index in [0.717, 1.165) is 26.2 Å². The molecule has 27 heavy (non-hydrogen) atoms. The molecule has 1 unspecified atom stereocenters. The molecule has 0 saturated heterocycles. The van der Waals surface area contributed by atoms with Gasteiger partial charge >= 0.3 is 22.1 Å². The van der Waals surface area contributed by atoms with Crippen molar-refractivity contribution in [3.05, 3.63) is 35.4 Å². The minimum Gasteiger partial charge on any atom is -0.462 e. The van der Waals surface area contributed by atoms with Crippen molar-refractivity contribution in [3.63, 3.8) is 0 Å². The van der Waals surface area contributed by atoms with Crippen molar-refractivity contribution in [1.82, 2.24) is 0 Å². The van der Waals surface area contributed by atoms with Gasteiger partial charge in [-0.2, -0.15) is 8.42 Å². The molecule has 1 aromatic rings. The summed E-state index contributed by atoms with van der Waals surface area (Å²) < 4.78 is 40.8. The van der Waals surface area contributed by atoms with Crippen LogP contribution in [0.15, 0.2) is 24.3 Å². The summed E-state index contributed by atoms with van der Waals surface area (Å²) in [6.07, 6.45) is 7.61. The van der Waals surface area contributed by atoms with Gasteiger partial charge in [-0.3, -0.25) is 4.55 Å². The molecule has 0 heterocycles. The highest BCUT2D eigenvalue weighted by Gasteiger charge is 2.25. The van der Waals surface area contributed by atoms with Crippen LogP contribution in [0, 0.1) is 0 Å². The van der Waals surface area contributed by atoms with Crippen LogP contribution in [0.4, 0.5) is 0 Å². The molecule has 8 heteroatoms. The topological polar surface area (TPSA) is 107 Å². The molecule has 1 N–H and O–H groups in total. The number of carbonyl (C=O) groups excluding carboxylic acids is 2. The fourth-order valence-electron chi connectivity index (χ4n) is 2.42. The number of ether oxygens (including phenoxy) is 2. The van der Waals surface area contributed by atoms with Crippen molar-refractivity contribution < 1.29 is 32.0 Å². The van der Waals surface area contributed by atoms with Crippen molar-refractivity contribution >= 4 is 22.1 Å². The van der Waals surface area contributed by atoms with E-state index in [0.29, 0.717) is 0 Å². The van der Waals surface area contributed by atoms with Gasteiger partial charge in [-0.25, -0.2) is 9.59 Å². The van der Waals surface area contributed by atoms with Gasteiger partial charge in [0.2, 0.25) is 5.44 Å². The van der Waals surface area contributed by atoms with Gasteiger partial charge in [-0.05, 0) is 25.5 Å². The summed E-state index contributed by atoms with van der Waals surface area (Å²) in [5.41, 5.74) is -1.85. The molecular weight excluding hydrogens is 372 g/mol. The van der Waals surface area contributed by atoms with Gasteiger partial charge in [0, 0.05) is 0 Å². The van der Waals surface area contributed by atoms with Crippen LogP contribution in [0.1, 0.15) is 79.5 Å². The maximum Gasteiger partial charge on any atom is 0.340 e. The van der Waals surface area contributed by atoms with Gasteiger partial charge in [0.15, 0.2) is 0 Å². The van der Waals surface area contributed by atoms with E-state index in [-0.39, 0.29) is 17.7 Å². The first-order valence-corrected chi connectivity index (χ1v) is 10.7. The van der Waals surface area contributed by atoms with Gasteiger partial charge < -0.3 is 9.47 Å². The molecule has 0 aliphatic heterocycles. The second-order valence-corrected chi connectivity index (χ2v) is 7.98. The number of hydrogen-bond acceptors (Lipinski definition) is 6. The van der Waals surface area contributed by atoms with E-state index in [1.807, 2.05) is 0 Å². The van der Waals surface area contributed by atoms with Crippen LogP contribution in [0.5, 0.6) is 0 Å². The summed E-state index contributed by atoms with van der Waals surface area (Å²) in [5, 5.41) is 0. The van der Waals surface area contributed by atoms with E-state index in [9.17, 15) is 18.0 Å². The zero-order valence-corrected chi connectivity index (χ0v) is 16.7. The van der Waals surface area contributed by atoms with Crippen LogP contribution in [0.25, 0.3) is 0 Å². The molecule has 0 saturated carbocycles. The predicted octanol–water partition coefficient (Wildman–Crippen LogP) is 3.98. The first kappa shape index (κ1) is 23.1. The maximum atomic E-state index is 12.2. The Hall–Kier alpha value is -1.93. The first-order chi connectivity index (χ1) is 12.8. The van der Waals surface area contributed by atoms with E-state index < -0.39 is 27.5 Å². The lowest BCUT2D eigenvalue weighted by atomic mass is 10.1. The zero-order valence-electron chi connectivity index (χ0n) is 15.8. The Balaban J connectivity index is 2.55. The Morgan fingerprint density at radius 1 is 0.963 bits per heavy atom. The third-order valence-corrected chi connectivity index (χ3v) is 4.98. The summed E-state index contributed by atoms with van der Waals surface area (Å²) in [5.74, 6) is -1.70. The number of carbonyl (C=O) groups is 2. The average molecular weight is 400 g/mol. The van der Waals surface area contributed by atoms with E-state index in [2.05, 4.69) is 6.92 Å². The second-order valence-electron chi connectivity index (χ2n) is 6.29. The minimum absolute atomic E-state index is 0.00650. The second kappa shape index (κ2) is 11.7. The highest BCUT2D eigenvalue weighted by molar-refractivity contribution is 7.86. The Morgan fingerprint density at radius 3 is 2.04 bits per heavy atom. The molecular formula is C19H28O7S. The number of rotatable bonds is 12. The lowest BCUT2D eigenvalue weighted by Gasteiger charge is -2.12. The molecule has 0 bridgehead atoms. The smallest absolute Gasteiger partial charge is 0.340 e. The van der Waals surface area contributed by atoms with Gasteiger partial charge in [-0.1, -0.05) is 57.6 Å². The number of benzene rings is 1. The van der Waals surface area contributed by atoms with Crippen LogP contribution in [-0.2, 0) is 19.6 Å². The van der Waals surface area contributed by atoms with Crippen LogP contribution >= 0.6 is 0 Å². The van der Waals surface area contributed by atoms with Crippen molar-refractivity contribution in [1.29, 1.82) is 0 Å². The molecule has 0 amide bonds. The van der Waals surface area contributed by atoms with Gasteiger partial charge in [0.25, 0.3) is 0 Å². The minimum atomic E-state index is -4.53. The summed E-state index contributed by atoms with van der Waals surface area (Å²) >= 11 is 0. The number of esters is 2. The van der Waals surface area contributed by atoms with Crippen molar-refractivity contribution in [3.8, 4) is 0 Å². The molecule has 0 radical (unpaired) electrons. The predicted molar refractivity (Wildman–Crippen MR) is 101 cm³/mol. The third kappa shape index (κ3) is 8.53. The van der Waals surface area contributed by atoms with Crippen LogP contribution in [0.3, 0.4) is 0 Å². The standard InChI is InChI=1S/C19H28O7S/c1-3-4-5-6-7-8-11-14-25-18(20)16-12-9-10-13-17(16)19(21)26-15(2)27(22,23)24/h9-10,12-13,15H,3-8,11,14H2,1-2H3,(H,22,23,24). The SMILES string of the molecule is CCCCCCCCCOC(=O)c1ccccc1C(=O)OC(C)S(=O)(=O)O. The largest absolute Gasteiger partial charge is 0.462 e. The van der Waals surface area contributed by atoms with Crippen LogP contribution < -0.4 is 0 Å². The lowest BCUT2D eigenvalue weighted by molar-refractivity contribution is 0.0425. The normalized spacial score (nSPS) is 12.4. The summed E-state index contributed by atoms with van der Waals surface area (Å²) in [4.78, 5) is 24.4. The Bertz CT molecular complexity index is 713. The highest BCUT2D eigenvalue weighted by atomic mass is 32.2. The fraction of sp³-hybridized carbons (Fsp3) is 0.579. The van der Waals surface area contributed by atoms with E-state index >= 15 is 0 Å². The Kier molecular flexibility index (Phi) is 10.0. The molecule has 1 rings (SSSR count). The van der Waals surface area contributed by atoms with E-state index in [4.69, 9.17) is 14.0 Å². The molecule has 0 spiro atoms. The molecule has 0 fully saturated rings. The van der Waals surface area contributed by atoms with Gasteiger partial charge in [0.05, 0.1) is 17.7 Å². The quantitative estimate of drug-likeness (QED) is 0.321.